The molecule has 0 bridgehead atoms. The Morgan fingerprint density at radius 2 is 2.10 bits per heavy atom. The summed E-state index contributed by atoms with van der Waals surface area (Å²) in [5, 5.41) is 4.49. The van der Waals surface area contributed by atoms with Crippen LogP contribution in [0.25, 0.3) is 0 Å². The number of rotatable bonds is 6. The molecule has 5 heteroatoms. The Hall–Kier alpha value is -0.390. The molecule has 1 aliphatic rings. The topological polar surface area (TPSA) is 21.3 Å². The van der Waals surface area contributed by atoms with E-state index in [2.05, 4.69) is 19.2 Å². The zero-order valence-electron chi connectivity index (χ0n) is 12.9. The first-order chi connectivity index (χ1) is 10.2. The van der Waals surface area contributed by atoms with E-state index in [0.717, 1.165) is 24.3 Å². The summed E-state index contributed by atoms with van der Waals surface area (Å²) in [6.45, 7) is 5.15. The quantitative estimate of drug-likeness (QED) is 0.847. The molecule has 0 spiro atoms. The van der Waals surface area contributed by atoms with E-state index < -0.39 is 0 Å². The predicted octanol–water partition coefficient (Wildman–Crippen LogP) is 4.11. The Morgan fingerprint density at radius 3 is 2.71 bits per heavy atom. The van der Waals surface area contributed by atoms with E-state index in [1.54, 1.807) is 7.11 Å². The maximum atomic E-state index is 14.5. The second-order valence-corrected chi connectivity index (χ2v) is 7.71. The van der Waals surface area contributed by atoms with Crippen molar-refractivity contribution in [3.05, 3.63) is 29.6 Å². The van der Waals surface area contributed by atoms with Crippen molar-refractivity contribution in [2.75, 3.05) is 25.2 Å². The molecule has 0 aromatic heterocycles. The van der Waals surface area contributed by atoms with Crippen molar-refractivity contribution < 1.29 is 9.13 Å². The molecular weight excluding hydrogens is 305 g/mol. The van der Waals surface area contributed by atoms with Gasteiger partial charge in [-0.25, -0.2) is 4.39 Å². The fourth-order valence-electron chi connectivity index (χ4n) is 2.76. The second-order valence-electron chi connectivity index (χ2n) is 5.08. The highest BCUT2D eigenvalue weighted by atomic mass is 32.2. The molecule has 3 unspecified atom stereocenters. The van der Waals surface area contributed by atoms with Crippen LogP contribution in [0, 0.1) is 5.82 Å². The van der Waals surface area contributed by atoms with E-state index in [9.17, 15) is 4.39 Å². The summed E-state index contributed by atoms with van der Waals surface area (Å²) in [4.78, 5) is 0. The standard InChI is InChI=1S/C16H24FNOS2/c1-4-14-16(21-9-8-20-14)15(18-5-2)12-7-6-11(19-3)10-13(12)17/h6-7,10,14-16,18H,4-5,8-9H2,1-3H3. The molecule has 0 aliphatic carbocycles. The van der Waals surface area contributed by atoms with Crippen molar-refractivity contribution >= 4 is 23.5 Å². The molecule has 118 valence electrons. The van der Waals surface area contributed by atoms with Gasteiger partial charge in [-0.1, -0.05) is 19.9 Å². The van der Waals surface area contributed by atoms with E-state index in [0.29, 0.717) is 16.2 Å². The summed E-state index contributed by atoms with van der Waals surface area (Å²) in [7, 11) is 1.57. The van der Waals surface area contributed by atoms with Crippen LogP contribution >= 0.6 is 23.5 Å². The second kappa shape index (κ2) is 8.30. The summed E-state index contributed by atoms with van der Waals surface area (Å²) in [6, 6.07) is 5.27. The van der Waals surface area contributed by atoms with Gasteiger partial charge in [0.1, 0.15) is 11.6 Å². The largest absolute Gasteiger partial charge is 0.497 e. The molecule has 1 aliphatic heterocycles. The third kappa shape index (κ3) is 4.08. The Morgan fingerprint density at radius 1 is 1.33 bits per heavy atom. The van der Waals surface area contributed by atoms with Gasteiger partial charge in [0.15, 0.2) is 0 Å². The van der Waals surface area contributed by atoms with Crippen molar-refractivity contribution in [1.29, 1.82) is 0 Å². The van der Waals surface area contributed by atoms with Gasteiger partial charge in [-0.05, 0) is 19.0 Å². The van der Waals surface area contributed by atoms with E-state index in [4.69, 9.17) is 4.74 Å². The lowest BCUT2D eigenvalue weighted by Crippen LogP contribution is -2.39. The smallest absolute Gasteiger partial charge is 0.131 e. The Balaban J connectivity index is 2.29. The van der Waals surface area contributed by atoms with Gasteiger partial charge in [-0.3, -0.25) is 0 Å². The van der Waals surface area contributed by atoms with Crippen LogP contribution in [-0.2, 0) is 0 Å². The number of thioether (sulfide) groups is 2. The molecule has 1 aromatic carbocycles. The van der Waals surface area contributed by atoms with Gasteiger partial charge in [0.25, 0.3) is 0 Å². The van der Waals surface area contributed by atoms with Gasteiger partial charge in [0.05, 0.1) is 7.11 Å². The third-order valence-electron chi connectivity index (χ3n) is 3.79. The minimum Gasteiger partial charge on any atom is -0.497 e. The molecule has 2 nitrogen and oxygen atoms in total. The highest BCUT2D eigenvalue weighted by Crippen LogP contribution is 2.41. The third-order valence-corrected chi connectivity index (χ3v) is 7.14. The monoisotopic (exact) mass is 329 g/mol. The number of hydrogen-bond acceptors (Lipinski definition) is 4. The van der Waals surface area contributed by atoms with Gasteiger partial charge in [-0.15, -0.1) is 0 Å². The van der Waals surface area contributed by atoms with Crippen LogP contribution in [0.15, 0.2) is 18.2 Å². The lowest BCUT2D eigenvalue weighted by atomic mass is 9.99. The van der Waals surface area contributed by atoms with Crippen LogP contribution in [0.4, 0.5) is 4.39 Å². The van der Waals surface area contributed by atoms with Crippen LogP contribution in [-0.4, -0.2) is 35.7 Å². The van der Waals surface area contributed by atoms with Gasteiger partial charge < -0.3 is 10.1 Å². The van der Waals surface area contributed by atoms with Gasteiger partial charge >= 0.3 is 0 Å². The number of nitrogens with one attached hydrogen (secondary N) is 1. The molecule has 1 fully saturated rings. The fraction of sp³-hybridized carbons (Fsp3) is 0.625. The van der Waals surface area contributed by atoms with Crippen molar-refractivity contribution in [3.8, 4) is 5.75 Å². The predicted molar refractivity (Wildman–Crippen MR) is 92.2 cm³/mol. The van der Waals surface area contributed by atoms with Gasteiger partial charge in [-0.2, -0.15) is 23.5 Å². The summed E-state index contributed by atoms with van der Waals surface area (Å²) >= 11 is 4.00. The molecule has 1 heterocycles. The Kier molecular flexibility index (Phi) is 6.71. The van der Waals surface area contributed by atoms with E-state index in [1.165, 1.54) is 11.8 Å². The average molecular weight is 330 g/mol. The highest BCUT2D eigenvalue weighted by Gasteiger charge is 2.33. The molecule has 0 amide bonds. The molecule has 0 radical (unpaired) electrons. The van der Waals surface area contributed by atoms with E-state index in [-0.39, 0.29) is 11.9 Å². The highest BCUT2D eigenvalue weighted by molar-refractivity contribution is 8.07. The summed E-state index contributed by atoms with van der Waals surface area (Å²) in [6.07, 6.45) is 1.13. The van der Waals surface area contributed by atoms with Crippen LogP contribution in [0.5, 0.6) is 5.75 Å². The molecule has 1 aromatic rings. The number of hydrogen-bond donors (Lipinski definition) is 1. The fourth-order valence-corrected chi connectivity index (χ4v) is 6.00. The first-order valence-corrected chi connectivity index (χ1v) is 9.61. The summed E-state index contributed by atoms with van der Waals surface area (Å²) in [5.74, 6) is 2.74. The van der Waals surface area contributed by atoms with Crippen molar-refractivity contribution in [1.82, 2.24) is 5.32 Å². The lowest BCUT2D eigenvalue weighted by Gasteiger charge is -2.36. The van der Waals surface area contributed by atoms with Crippen LogP contribution in [0.2, 0.25) is 0 Å². The summed E-state index contributed by atoms with van der Waals surface area (Å²) < 4.78 is 19.6. The molecule has 2 rings (SSSR count). The Bertz CT molecular complexity index is 458. The average Bonchev–Trinajstić information content (AvgIpc) is 2.53. The number of benzene rings is 1. The minimum absolute atomic E-state index is 0.0589. The first-order valence-electron chi connectivity index (χ1n) is 7.51. The molecule has 1 saturated heterocycles. The zero-order valence-corrected chi connectivity index (χ0v) is 14.5. The molecule has 3 atom stereocenters. The van der Waals surface area contributed by atoms with Gasteiger partial charge in [0, 0.05) is 39.7 Å². The molecular formula is C16H24FNOS2. The van der Waals surface area contributed by atoms with E-state index >= 15 is 0 Å². The maximum Gasteiger partial charge on any atom is 0.131 e. The number of ether oxygens (including phenoxy) is 1. The zero-order chi connectivity index (χ0) is 15.2. The SMILES string of the molecule is CCNC(c1ccc(OC)cc1F)C1SCCSC1CC. The minimum atomic E-state index is -0.175. The molecule has 21 heavy (non-hydrogen) atoms. The van der Waals surface area contributed by atoms with Crippen LogP contribution in [0.1, 0.15) is 31.9 Å². The van der Waals surface area contributed by atoms with Crippen LogP contribution < -0.4 is 10.1 Å². The molecule has 0 saturated carbocycles. The van der Waals surface area contributed by atoms with Crippen molar-refractivity contribution in [2.45, 2.75) is 36.8 Å². The van der Waals surface area contributed by atoms with Crippen molar-refractivity contribution in [3.63, 3.8) is 0 Å². The maximum absolute atomic E-state index is 14.5. The Labute approximate surface area is 135 Å². The van der Waals surface area contributed by atoms with E-state index in [1.807, 2.05) is 35.7 Å². The normalized spacial score (nSPS) is 23.8. The van der Waals surface area contributed by atoms with Crippen LogP contribution in [0.3, 0.4) is 0 Å². The number of methoxy groups -OCH3 is 1. The number of halogens is 1. The lowest BCUT2D eigenvalue weighted by molar-refractivity contribution is 0.408. The van der Waals surface area contributed by atoms with Gasteiger partial charge in [0.2, 0.25) is 0 Å². The molecule has 1 N–H and O–H groups in total. The first kappa shape index (κ1) is 17.0. The summed E-state index contributed by atoms with van der Waals surface area (Å²) in [5.41, 5.74) is 0.760. The van der Waals surface area contributed by atoms with Crippen molar-refractivity contribution in [2.24, 2.45) is 0 Å².